The number of carbonyl (C=O) groups is 1. The Morgan fingerprint density at radius 2 is 2.35 bits per heavy atom. The van der Waals surface area contributed by atoms with Gasteiger partial charge in [-0.2, -0.15) is 0 Å². The Hall–Kier alpha value is -1.78. The molecule has 90 valence electrons. The maximum absolute atomic E-state index is 14.9. The standard InChI is InChI=1S/C12H13FN2O2/c1-17-11(16)15-7-6-12(13)8-4-2-3-5-9(8)14-10(12)15/h2-5,10,14H,6-7H2,1H3. The van der Waals surface area contributed by atoms with Crippen LogP contribution in [0.4, 0.5) is 14.9 Å². The molecule has 2 heterocycles. The Kier molecular flexibility index (Phi) is 2.05. The second-order valence-corrected chi connectivity index (χ2v) is 4.37. The molecule has 2 aliphatic heterocycles. The number of nitrogens with one attached hydrogen (secondary N) is 1. The minimum atomic E-state index is -1.50. The molecular weight excluding hydrogens is 223 g/mol. The summed E-state index contributed by atoms with van der Waals surface area (Å²) in [6.45, 7) is 0.370. The number of alkyl halides is 1. The van der Waals surface area contributed by atoms with E-state index in [4.69, 9.17) is 0 Å². The minimum absolute atomic E-state index is 0.302. The van der Waals surface area contributed by atoms with Gasteiger partial charge in [0.1, 0.15) is 6.17 Å². The summed E-state index contributed by atoms with van der Waals surface area (Å²) in [7, 11) is 1.31. The third-order valence-electron chi connectivity index (χ3n) is 3.54. The van der Waals surface area contributed by atoms with Gasteiger partial charge in [-0.05, 0) is 6.07 Å². The SMILES string of the molecule is COC(=O)N1CCC2(F)c3ccccc3NC12. The molecule has 4 nitrogen and oxygen atoms in total. The fourth-order valence-electron chi connectivity index (χ4n) is 2.70. The first-order chi connectivity index (χ1) is 8.16. The van der Waals surface area contributed by atoms with Crippen LogP contribution in [0.2, 0.25) is 0 Å². The monoisotopic (exact) mass is 236 g/mol. The molecule has 1 aromatic rings. The normalized spacial score (nSPS) is 29.5. The number of amides is 1. The van der Waals surface area contributed by atoms with Crippen LogP contribution < -0.4 is 5.32 Å². The summed E-state index contributed by atoms with van der Waals surface area (Å²) >= 11 is 0. The number of nitrogens with zero attached hydrogens (tertiary/aromatic N) is 1. The average Bonchev–Trinajstić information content (AvgIpc) is 2.81. The first kappa shape index (κ1) is 10.4. The van der Waals surface area contributed by atoms with Crippen molar-refractivity contribution in [2.45, 2.75) is 18.3 Å². The predicted molar refractivity (Wildman–Crippen MR) is 60.4 cm³/mol. The van der Waals surface area contributed by atoms with Crippen LogP contribution in [0, 0.1) is 0 Å². The van der Waals surface area contributed by atoms with Crippen molar-refractivity contribution in [3.8, 4) is 0 Å². The minimum Gasteiger partial charge on any atom is -0.453 e. The quantitative estimate of drug-likeness (QED) is 0.749. The van der Waals surface area contributed by atoms with E-state index in [9.17, 15) is 9.18 Å². The summed E-state index contributed by atoms with van der Waals surface area (Å²) in [6, 6.07) is 7.25. The zero-order chi connectivity index (χ0) is 12.0. The molecule has 0 bridgehead atoms. The second kappa shape index (κ2) is 3.35. The Balaban J connectivity index is 2.00. The van der Waals surface area contributed by atoms with Crippen LogP contribution in [0.5, 0.6) is 0 Å². The van der Waals surface area contributed by atoms with E-state index >= 15 is 0 Å². The lowest BCUT2D eigenvalue weighted by Crippen LogP contribution is -2.44. The molecule has 0 saturated carbocycles. The van der Waals surface area contributed by atoms with E-state index < -0.39 is 17.9 Å². The zero-order valence-electron chi connectivity index (χ0n) is 9.44. The predicted octanol–water partition coefficient (Wildman–Crippen LogP) is 2.08. The van der Waals surface area contributed by atoms with Gasteiger partial charge in [0.05, 0.1) is 7.11 Å². The number of methoxy groups -OCH3 is 1. The number of hydrogen-bond acceptors (Lipinski definition) is 3. The molecule has 0 radical (unpaired) electrons. The number of anilines is 1. The van der Waals surface area contributed by atoms with Gasteiger partial charge < -0.3 is 10.1 Å². The van der Waals surface area contributed by atoms with E-state index in [0.29, 0.717) is 18.5 Å². The molecule has 1 aromatic carbocycles. The molecule has 2 unspecified atom stereocenters. The third-order valence-corrected chi connectivity index (χ3v) is 3.54. The molecule has 3 rings (SSSR count). The summed E-state index contributed by atoms with van der Waals surface area (Å²) in [5.74, 6) is 0. The number of para-hydroxylation sites is 1. The van der Waals surface area contributed by atoms with Crippen LogP contribution in [0.3, 0.4) is 0 Å². The lowest BCUT2D eigenvalue weighted by molar-refractivity contribution is 0.0931. The van der Waals surface area contributed by atoms with Gasteiger partial charge in [-0.1, -0.05) is 18.2 Å². The Morgan fingerprint density at radius 1 is 1.59 bits per heavy atom. The highest BCUT2D eigenvalue weighted by atomic mass is 19.1. The van der Waals surface area contributed by atoms with E-state index in [1.54, 1.807) is 6.07 Å². The summed E-state index contributed by atoms with van der Waals surface area (Å²) < 4.78 is 19.6. The van der Waals surface area contributed by atoms with Gasteiger partial charge in [0.2, 0.25) is 0 Å². The average molecular weight is 236 g/mol. The Bertz CT molecular complexity index is 479. The highest BCUT2D eigenvalue weighted by Crippen LogP contribution is 2.49. The molecular formula is C12H13FN2O2. The van der Waals surface area contributed by atoms with Crippen LogP contribution in [0.15, 0.2) is 24.3 Å². The van der Waals surface area contributed by atoms with Crippen molar-refractivity contribution in [2.75, 3.05) is 19.0 Å². The molecule has 0 aliphatic carbocycles. The summed E-state index contributed by atoms with van der Waals surface area (Å²) in [6.07, 6.45) is -0.835. The smallest absolute Gasteiger partial charge is 0.411 e. The van der Waals surface area contributed by atoms with Gasteiger partial charge >= 0.3 is 6.09 Å². The first-order valence-electron chi connectivity index (χ1n) is 5.56. The lowest BCUT2D eigenvalue weighted by atomic mass is 9.95. The molecule has 17 heavy (non-hydrogen) atoms. The maximum Gasteiger partial charge on any atom is 0.411 e. The topological polar surface area (TPSA) is 41.6 Å². The number of halogens is 1. The number of rotatable bonds is 0. The molecule has 2 atom stereocenters. The first-order valence-corrected chi connectivity index (χ1v) is 5.56. The molecule has 1 amide bonds. The number of benzene rings is 1. The largest absolute Gasteiger partial charge is 0.453 e. The van der Waals surface area contributed by atoms with E-state index in [-0.39, 0.29) is 0 Å². The van der Waals surface area contributed by atoms with E-state index in [2.05, 4.69) is 10.1 Å². The molecule has 1 saturated heterocycles. The Labute approximate surface area is 98.4 Å². The highest BCUT2D eigenvalue weighted by Gasteiger charge is 2.56. The van der Waals surface area contributed by atoms with Crippen molar-refractivity contribution in [3.63, 3.8) is 0 Å². The van der Waals surface area contributed by atoms with Crippen LogP contribution in [-0.4, -0.2) is 30.8 Å². The molecule has 1 N–H and O–H groups in total. The molecule has 5 heteroatoms. The third kappa shape index (κ3) is 1.25. The van der Waals surface area contributed by atoms with Crippen LogP contribution in [0.1, 0.15) is 12.0 Å². The summed E-state index contributed by atoms with van der Waals surface area (Å²) in [4.78, 5) is 12.9. The molecule has 0 spiro atoms. The summed E-state index contributed by atoms with van der Waals surface area (Å²) in [5, 5.41) is 3.05. The van der Waals surface area contributed by atoms with Gasteiger partial charge in [0, 0.05) is 24.2 Å². The van der Waals surface area contributed by atoms with Gasteiger partial charge in [-0.15, -0.1) is 0 Å². The molecule has 2 aliphatic rings. The Morgan fingerprint density at radius 3 is 3.12 bits per heavy atom. The van der Waals surface area contributed by atoms with Crippen molar-refractivity contribution >= 4 is 11.8 Å². The fourth-order valence-corrected chi connectivity index (χ4v) is 2.70. The van der Waals surface area contributed by atoms with Crippen LogP contribution in [-0.2, 0) is 10.4 Å². The number of fused-ring (bicyclic) bond motifs is 3. The highest BCUT2D eigenvalue weighted by molar-refractivity contribution is 5.72. The number of hydrogen-bond donors (Lipinski definition) is 1. The maximum atomic E-state index is 14.9. The molecule has 0 aromatic heterocycles. The van der Waals surface area contributed by atoms with Crippen molar-refractivity contribution in [2.24, 2.45) is 0 Å². The second-order valence-electron chi connectivity index (χ2n) is 4.37. The van der Waals surface area contributed by atoms with Crippen molar-refractivity contribution in [3.05, 3.63) is 29.8 Å². The van der Waals surface area contributed by atoms with Gasteiger partial charge in [0.15, 0.2) is 5.67 Å². The van der Waals surface area contributed by atoms with E-state index in [1.807, 2.05) is 18.2 Å². The van der Waals surface area contributed by atoms with E-state index in [0.717, 1.165) is 5.69 Å². The van der Waals surface area contributed by atoms with E-state index in [1.165, 1.54) is 12.0 Å². The van der Waals surface area contributed by atoms with Crippen LogP contribution in [0.25, 0.3) is 0 Å². The molecule has 1 fully saturated rings. The van der Waals surface area contributed by atoms with Crippen molar-refractivity contribution in [1.29, 1.82) is 0 Å². The number of likely N-dealkylation sites (tertiary alicyclic amines) is 1. The zero-order valence-corrected chi connectivity index (χ0v) is 9.44. The number of carbonyl (C=O) groups excluding carboxylic acids is 1. The van der Waals surface area contributed by atoms with Crippen molar-refractivity contribution in [1.82, 2.24) is 4.90 Å². The lowest BCUT2D eigenvalue weighted by Gasteiger charge is -2.25. The van der Waals surface area contributed by atoms with Gasteiger partial charge in [-0.25, -0.2) is 9.18 Å². The van der Waals surface area contributed by atoms with Gasteiger partial charge in [0.25, 0.3) is 0 Å². The summed E-state index contributed by atoms with van der Waals surface area (Å²) in [5.41, 5.74) is -0.102. The van der Waals surface area contributed by atoms with Gasteiger partial charge in [-0.3, -0.25) is 4.90 Å². The number of ether oxygens (including phenoxy) is 1. The fraction of sp³-hybridized carbons (Fsp3) is 0.417. The van der Waals surface area contributed by atoms with Crippen LogP contribution >= 0.6 is 0 Å². The van der Waals surface area contributed by atoms with Crippen molar-refractivity contribution < 1.29 is 13.9 Å².